The molecule has 0 aliphatic heterocycles. The molecular weight excluding hydrogens is 496 g/mol. The third-order valence-electron chi connectivity index (χ3n) is 5.63. The van der Waals surface area contributed by atoms with Gasteiger partial charge < -0.3 is 19.0 Å². The van der Waals surface area contributed by atoms with Crippen LogP contribution >= 0.6 is 11.6 Å². The first-order valence-corrected chi connectivity index (χ1v) is 12.7. The lowest BCUT2D eigenvalue weighted by Crippen LogP contribution is -2.21. The summed E-state index contributed by atoms with van der Waals surface area (Å²) in [5.74, 6) is 1.12. The van der Waals surface area contributed by atoms with E-state index in [2.05, 4.69) is 15.2 Å². The second-order valence-electron chi connectivity index (χ2n) is 8.24. The fourth-order valence-electron chi connectivity index (χ4n) is 3.95. The topological polar surface area (TPSA) is 112 Å². The number of aromatic nitrogens is 4. The Balaban J connectivity index is 1.87. The van der Waals surface area contributed by atoms with Gasteiger partial charge in [0.2, 0.25) is 11.8 Å². The van der Waals surface area contributed by atoms with Gasteiger partial charge in [0.25, 0.3) is 11.4 Å². The van der Waals surface area contributed by atoms with Crippen LogP contribution in [0.3, 0.4) is 0 Å². The second kappa shape index (κ2) is 11.9. The largest absolute Gasteiger partial charge is 0.493 e. The first-order chi connectivity index (χ1) is 18.0. The second-order valence-corrected chi connectivity index (χ2v) is 8.68. The zero-order chi connectivity index (χ0) is 26.4. The Bertz CT molecular complexity index is 1390. The Labute approximate surface area is 219 Å². The van der Waals surface area contributed by atoms with Crippen LogP contribution in [0.4, 0.5) is 0 Å². The van der Waals surface area contributed by atoms with Crippen LogP contribution in [-0.4, -0.2) is 38.1 Å². The highest BCUT2D eigenvalue weighted by Crippen LogP contribution is 2.38. The number of hydrogen-bond donors (Lipinski definition) is 1. The van der Waals surface area contributed by atoms with E-state index in [0.717, 1.165) is 18.4 Å². The van der Waals surface area contributed by atoms with Crippen molar-refractivity contribution in [1.29, 1.82) is 0 Å². The van der Waals surface area contributed by atoms with Crippen molar-refractivity contribution in [2.45, 2.75) is 46.5 Å². The Kier molecular flexibility index (Phi) is 8.45. The molecule has 0 unspecified atom stereocenters. The van der Waals surface area contributed by atoms with Crippen LogP contribution in [0.15, 0.2) is 51.7 Å². The third-order valence-corrected chi connectivity index (χ3v) is 5.88. The third kappa shape index (κ3) is 5.77. The molecule has 4 aromatic rings. The highest BCUT2D eigenvalue weighted by molar-refractivity contribution is 6.30. The van der Waals surface area contributed by atoms with Gasteiger partial charge in [-0.1, -0.05) is 43.1 Å². The van der Waals surface area contributed by atoms with Gasteiger partial charge in [-0.25, -0.2) is 0 Å². The minimum atomic E-state index is -0.659. The lowest BCUT2D eigenvalue weighted by atomic mass is 10.1. The molecule has 0 aliphatic rings. The molecule has 0 radical (unpaired) electrons. The van der Waals surface area contributed by atoms with Crippen molar-refractivity contribution in [2.75, 3.05) is 13.2 Å². The van der Waals surface area contributed by atoms with E-state index in [9.17, 15) is 9.90 Å². The molecule has 0 fully saturated rings. The van der Waals surface area contributed by atoms with Crippen LogP contribution in [0.5, 0.6) is 17.4 Å². The Morgan fingerprint density at radius 2 is 1.68 bits per heavy atom. The first kappa shape index (κ1) is 26.2. The van der Waals surface area contributed by atoms with Crippen molar-refractivity contribution in [3.05, 3.63) is 75.1 Å². The average molecular weight is 525 g/mol. The molecule has 1 N–H and O–H groups in total. The van der Waals surface area contributed by atoms with Crippen LogP contribution < -0.4 is 15.0 Å². The fourth-order valence-corrected chi connectivity index (χ4v) is 4.07. The first-order valence-electron chi connectivity index (χ1n) is 12.3. The number of nitrogens with zero attached hydrogens (tertiary/aromatic N) is 4. The number of benzene rings is 2. The molecule has 9 nitrogen and oxygen atoms in total. The van der Waals surface area contributed by atoms with Crippen molar-refractivity contribution < 1.29 is 19.0 Å². The SMILES string of the molecule is CCCCc1nc(=O)c(-c2nnc(Cc3ccc(Cl)cc3)o2)c(O)n1-c1c(OCC)cccc1OCC. The minimum absolute atomic E-state index is 0.124. The summed E-state index contributed by atoms with van der Waals surface area (Å²) in [6, 6.07) is 12.6. The highest BCUT2D eigenvalue weighted by Gasteiger charge is 2.27. The molecule has 4 rings (SSSR count). The molecule has 10 heteroatoms. The van der Waals surface area contributed by atoms with E-state index >= 15 is 0 Å². The summed E-state index contributed by atoms with van der Waals surface area (Å²) in [7, 11) is 0. The van der Waals surface area contributed by atoms with Gasteiger partial charge in [0.15, 0.2) is 5.56 Å². The molecule has 0 bridgehead atoms. The number of aromatic hydroxyl groups is 1. The normalized spacial score (nSPS) is 11.0. The van der Waals surface area contributed by atoms with Gasteiger partial charge in [0.05, 0.1) is 19.6 Å². The molecule has 0 amide bonds. The summed E-state index contributed by atoms with van der Waals surface area (Å²) in [4.78, 5) is 17.5. The zero-order valence-electron chi connectivity index (χ0n) is 21.0. The number of halogens is 1. The van der Waals surface area contributed by atoms with Crippen LogP contribution in [0.25, 0.3) is 17.1 Å². The van der Waals surface area contributed by atoms with Crippen molar-refractivity contribution in [3.8, 4) is 34.5 Å². The van der Waals surface area contributed by atoms with E-state index in [1.807, 2.05) is 32.9 Å². The summed E-state index contributed by atoms with van der Waals surface area (Å²) in [5.41, 5.74) is 0.503. The standard InChI is InChI=1S/C27H29ClN4O5/c1-4-7-11-21-29-25(33)23(26-31-30-22(37-26)16-17-12-14-18(28)15-13-17)27(34)32(21)24-19(35-5-2)9-8-10-20(24)36-6-3/h8-10,12-15,34H,4-7,11,16H2,1-3H3. The minimum Gasteiger partial charge on any atom is -0.493 e. The van der Waals surface area contributed by atoms with Gasteiger partial charge in [0, 0.05) is 11.4 Å². The highest BCUT2D eigenvalue weighted by atomic mass is 35.5. The van der Waals surface area contributed by atoms with Gasteiger partial charge in [-0.15, -0.1) is 10.2 Å². The molecule has 0 saturated carbocycles. The monoisotopic (exact) mass is 524 g/mol. The maximum atomic E-state index is 13.1. The van der Waals surface area contributed by atoms with E-state index < -0.39 is 5.56 Å². The Morgan fingerprint density at radius 3 is 2.30 bits per heavy atom. The number of hydrogen-bond acceptors (Lipinski definition) is 8. The molecule has 0 atom stereocenters. The van der Waals surface area contributed by atoms with E-state index in [0.29, 0.717) is 54.1 Å². The number of para-hydroxylation sites is 1. The van der Waals surface area contributed by atoms with Crippen molar-refractivity contribution in [3.63, 3.8) is 0 Å². The van der Waals surface area contributed by atoms with E-state index in [1.54, 1.807) is 30.3 Å². The molecule has 0 spiro atoms. The van der Waals surface area contributed by atoms with Crippen LogP contribution in [0, 0.1) is 0 Å². The van der Waals surface area contributed by atoms with Gasteiger partial charge in [-0.3, -0.25) is 9.36 Å². The van der Waals surface area contributed by atoms with Crippen molar-refractivity contribution >= 4 is 11.6 Å². The molecule has 0 saturated heterocycles. The summed E-state index contributed by atoms with van der Waals surface area (Å²) < 4.78 is 19.0. The summed E-state index contributed by atoms with van der Waals surface area (Å²) in [6.07, 6.45) is 2.43. The molecular formula is C27H29ClN4O5. The molecule has 37 heavy (non-hydrogen) atoms. The Hall–Kier alpha value is -3.85. The smallest absolute Gasteiger partial charge is 0.289 e. The summed E-state index contributed by atoms with van der Waals surface area (Å²) in [6.45, 7) is 6.56. The molecule has 2 aromatic heterocycles. The van der Waals surface area contributed by atoms with Crippen LogP contribution in [0.2, 0.25) is 5.02 Å². The number of unbranched alkanes of at least 4 members (excludes halogenated alkanes) is 1. The van der Waals surface area contributed by atoms with E-state index in [1.165, 1.54) is 4.57 Å². The molecule has 194 valence electrons. The van der Waals surface area contributed by atoms with Crippen molar-refractivity contribution in [1.82, 2.24) is 19.7 Å². The van der Waals surface area contributed by atoms with E-state index in [-0.39, 0.29) is 23.2 Å². The molecule has 2 aromatic carbocycles. The number of rotatable bonds is 11. The molecule has 2 heterocycles. The van der Waals surface area contributed by atoms with Gasteiger partial charge >= 0.3 is 0 Å². The van der Waals surface area contributed by atoms with E-state index in [4.69, 9.17) is 25.5 Å². The van der Waals surface area contributed by atoms with Gasteiger partial charge in [0.1, 0.15) is 23.0 Å². The lowest BCUT2D eigenvalue weighted by molar-refractivity contribution is 0.317. The number of ether oxygens (including phenoxy) is 2. The van der Waals surface area contributed by atoms with Gasteiger partial charge in [-0.05, 0) is 50.1 Å². The van der Waals surface area contributed by atoms with Gasteiger partial charge in [-0.2, -0.15) is 4.98 Å². The van der Waals surface area contributed by atoms with Crippen LogP contribution in [0.1, 0.15) is 50.9 Å². The van der Waals surface area contributed by atoms with Crippen LogP contribution in [-0.2, 0) is 12.8 Å². The predicted octanol–water partition coefficient (Wildman–Crippen LogP) is 5.37. The number of aryl methyl sites for hydroxylation is 1. The maximum absolute atomic E-state index is 13.1. The maximum Gasteiger partial charge on any atom is 0.289 e. The summed E-state index contributed by atoms with van der Waals surface area (Å²) in [5, 5.41) is 20.3. The fraction of sp³-hybridized carbons (Fsp3) is 0.333. The van der Waals surface area contributed by atoms with Crippen molar-refractivity contribution in [2.24, 2.45) is 0 Å². The average Bonchev–Trinajstić information content (AvgIpc) is 3.33. The Morgan fingerprint density at radius 1 is 1.00 bits per heavy atom. The summed E-state index contributed by atoms with van der Waals surface area (Å²) >= 11 is 5.96. The zero-order valence-corrected chi connectivity index (χ0v) is 21.8. The quantitative estimate of drug-likeness (QED) is 0.278. The molecule has 0 aliphatic carbocycles. The lowest BCUT2D eigenvalue weighted by Gasteiger charge is -2.21. The predicted molar refractivity (Wildman–Crippen MR) is 140 cm³/mol.